The van der Waals surface area contributed by atoms with Gasteiger partial charge in [-0.15, -0.1) is 11.8 Å². The molecule has 1 N–H and O–H groups in total. The van der Waals surface area contributed by atoms with Gasteiger partial charge in [-0.25, -0.2) is 0 Å². The number of nitrogens with one attached hydrogen (secondary N) is 1. The summed E-state index contributed by atoms with van der Waals surface area (Å²) >= 11 is 1.70. The number of benzene rings is 2. The van der Waals surface area contributed by atoms with Crippen molar-refractivity contribution in [3.63, 3.8) is 0 Å². The molecule has 0 fully saturated rings. The zero-order valence-electron chi connectivity index (χ0n) is 14.2. The van der Waals surface area contributed by atoms with Gasteiger partial charge < -0.3 is 10.1 Å². The van der Waals surface area contributed by atoms with Gasteiger partial charge in [0.25, 0.3) is 0 Å². The van der Waals surface area contributed by atoms with Gasteiger partial charge in [0.05, 0.1) is 12.6 Å². The molecule has 1 unspecified atom stereocenters. The third-order valence-corrected chi connectivity index (χ3v) is 5.00. The van der Waals surface area contributed by atoms with Crippen LogP contribution in [0.4, 0.5) is 0 Å². The highest BCUT2D eigenvalue weighted by atomic mass is 32.2. The average molecular weight is 338 g/mol. The smallest absolute Gasteiger partial charge is 0.132 e. The molecule has 0 aliphatic rings. The van der Waals surface area contributed by atoms with Crippen LogP contribution in [0.2, 0.25) is 0 Å². The van der Waals surface area contributed by atoms with E-state index in [0.29, 0.717) is 0 Å². The van der Waals surface area contributed by atoms with Crippen LogP contribution in [-0.4, -0.2) is 18.3 Å². The predicted molar refractivity (Wildman–Crippen MR) is 102 cm³/mol. The lowest BCUT2D eigenvalue weighted by Gasteiger charge is -2.17. The molecule has 0 bridgehead atoms. The molecular formula is C20H22N2OS. The number of nitrogens with zero attached hydrogens (tertiary/aromatic N) is 1. The minimum absolute atomic E-state index is 0.230. The Morgan fingerprint density at radius 1 is 1.17 bits per heavy atom. The first kappa shape index (κ1) is 16.8. The van der Waals surface area contributed by atoms with Crippen LogP contribution in [0.5, 0.6) is 5.75 Å². The number of aromatic nitrogens is 1. The van der Waals surface area contributed by atoms with Crippen LogP contribution in [0.25, 0.3) is 10.9 Å². The first-order valence-electron chi connectivity index (χ1n) is 8.01. The molecule has 1 atom stereocenters. The Labute approximate surface area is 147 Å². The second-order valence-corrected chi connectivity index (χ2v) is 6.56. The van der Waals surface area contributed by atoms with Gasteiger partial charge in [0, 0.05) is 29.1 Å². The molecule has 0 saturated heterocycles. The lowest BCUT2D eigenvalue weighted by molar-refractivity contribution is 0.403. The molecule has 0 amide bonds. The molecule has 24 heavy (non-hydrogen) atoms. The van der Waals surface area contributed by atoms with Crippen LogP contribution in [0.1, 0.15) is 24.1 Å². The number of fused-ring (bicyclic) bond motifs is 1. The van der Waals surface area contributed by atoms with Crippen LogP contribution in [0, 0.1) is 0 Å². The zero-order valence-corrected chi connectivity index (χ0v) is 15.1. The number of ether oxygens (including phenoxy) is 1. The normalized spacial score (nSPS) is 12.3. The Kier molecular flexibility index (Phi) is 5.38. The van der Waals surface area contributed by atoms with Gasteiger partial charge in [0.15, 0.2) is 0 Å². The van der Waals surface area contributed by atoms with E-state index in [1.165, 1.54) is 16.5 Å². The van der Waals surface area contributed by atoms with Gasteiger partial charge in [-0.1, -0.05) is 30.3 Å². The molecular weight excluding hydrogens is 316 g/mol. The van der Waals surface area contributed by atoms with E-state index >= 15 is 0 Å². The standard InChI is InChI=1S/C20H22N2OS/c1-14(16-9-10-19(24-3)18(12-16)23-2)22-13-17-7-4-6-15-8-5-11-21-20(15)17/h4-12,14,22H,13H2,1-3H3. The summed E-state index contributed by atoms with van der Waals surface area (Å²) in [6, 6.07) is 17.0. The SMILES string of the molecule is COc1cc(C(C)NCc2cccc3cccnc23)ccc1SC. The van der Waals surface area contributed by atoms with E-state index in [2.05, 4.69) is 65.9 Å². The maximum absolute atomic E-state index is 5.49. The Morgan fingerprint density at radius 3 is 2.79 bits per heavy atom. The number of hydrogen-bond donors (Lipinski definition) is 1. The fourth-order valence-corrected chi connectivity index (χ4v) is 3.36. The summed E-state index contributed by atoms with van der Waals surface area (Å²) in [5, 5.41) is 4.77. The Balaban J connectivity index is 1.76. The van der Waals surface area contributed by atoms with Crippen LogP contribution in [0.15, 0.2) is 59.6 Å². The summed E-state index contributed by atoms with van der Waals surface area (Å²) in [4.78, 5) is 5.68. The van der Waals surface area contributed by atoms with E-state index in [-0.39, 0.29) is 6.04 Å². The van der Waals surface area contributed by atoms with E-state index < -0.39 is 0 Å². The van der Waals surface area contributed by atoms with Crippen LogP contribution in [0.3, 0.4) is 0 Å². The monoisotopic (exact) mass is 338 g/mol. The molecule has 1 aromatic heterocycles. The third kappa shape index (κ3) is 3.55. The molecule has 2 aromatic carbocycles. The minimum atomic E-state index is 0.230. The summed E-state index contributed by atoms with van der Waals surface area (Å²) in [6.45, 7) is 2.95. The quantitative estimate of drug-likeness (QED) is 0.654. The number of pyridine rings is 1. The molecule has 1 heterocycles. The number of hydrogen-bond acceptors (Lipinski definition) is 4. The van der Waals surface area contributed by atoms with Gasteiger partial charge in [-0.3, -0.25) is 4.98 Å². The lowest BCUT2D eigenvalue weighted by Crippen LogP contribution is -2.18. The molecule has 0 spiro atoms. The summed E-state index contributed by atoms with van der Waals surface area (Å²) < 4.78 is 5.49. The molecule has 4 heteroatoms. The highest BCUT2D eigenvalue weighted by Crippen LogP contribution is 2.30. The van der Waals surface area contributed by atoms with E-state index in [4.69, 9.17) is 4.74 Å². The minimum Gasteiger partial charge on any atom is -0.496 e. The van der Waals surface area contributed by atoms with E-state index in [1.807, 2.05) is 12.3 Å². The second-order valence-electron chi connectivity index (χ2n) is 5.71. The van der Waals surface area contributed by atoms with E-state index in [0.717, 1.165) is 22.7 Å². The van der Waals surface area contributed by atoms with Crippen molar-refractivity contribution in [3.8, 4) is 5.75 Å². The van der Waals surface area contributed by atoms with Crippen molar-refractivity contribution in [1.82, 2.24) is 10.3 Å². The number of methoxy groups -OCH3 is 1. The molecule has 0 saturated carbocycles. The van der Waals surface area contributed by atoms with Crippen LogP contribution in [-0.2, 0) is 6.54 Å². The summed E-state index contributed by atoms with van der Waals surface area (Å²) in [5.41, 5.74) is 3.50. The van der Waals surface area contributed by atoms with Gasteiger partial charge >= 0.3 is 0 Å². The van der Waals surface area contributed by atoms with Crippen molar-refractivity contribution in [1.29, 1.82) is 0 Å². The molecule has 3 nitrogen and oxygen atoms in total. The topological polar surface area (TPSA) is 34.1 Å². The fourth-order valence-electron chi connectivity index (χ4n) is 2.81. The summed E-state index contributed by atoms with van der Waals surface area (Å²) in [6.07, 6.45) is 3.91. The Hall–Kier alpha value is -2.04. The Morgan fingerprint density at radius 2 is 2.00 bits per heavy atom. The van der Waals surface area contributed by atoms with Crippen molar-refractivity contribution in [2.45, 2.75) is 24.4 Å². The van der Waals surface area contributed by atoms with Crippen molar-refractivity contribution in [3.05, 3.63) is 65.9 Å². The molecule has 124 valence electrons. The van der Waals surface area contributed by atoms with Crippen LogP contribution < -0.4 is 10.1 Å². The van der Waals surface area contributed by atoms with E-state index in [1.54, 1.807) is 18.9 Å². The number of para-hydroxylation sites is 1. The molecule has 3 rings (SSSR count). The highest BCUT2D eigenvalue weighted by molar-refractivity contribution is 7.98. The summed E-state index contributed by atoms with van der Waals surface area (Å²) in [7, 11) is 1.72. The average Bonchev–Trinajstić information content (AvgIpc) is 2.65. The van der Waals surface area contributed by atoms with Crippen molar-refractivity contribution >= 4 is 22.7 Å². The first-order chi connectivity index (χ1) is 11.7. The second kappa shape index (κ2) is 7.69. The highest BCUT2D eigenvalue weighted by Gasteiger charge is 2.10. The maximum atomic E-state index is 5.49. The number of thioether (sulfide) groups is 1. The summed E-state index contributed by atoms with van der Waals surface area (Å²) in [5.74, 6) is 0.931. The molecule has 0 radical (unpaired) electrons. The van der Waals surface area contributed by atoms with Gasteiger partial charge in [-0.05, 0) is 42.5 Å². The molecule has 3 aromatic rings. The van der Waals surface area contributed by atoms with Crippen molar-refractivity contribution < 1.29 is 4.74 Å². The van der Waals surface area contributed by atoms with Crippen molar-refractivity contribution in [2.24, 2.45) is 0 Å². The van der Waals surface area contributed by atoms with Gasteiger partial charge in [0.2, 0.25) is 0 Å². The zero-order chi connectivity index (χ0) is 16.9. The first-order valence-corrected chi connectivity index (χ1v) is 9.23. The van der Waals surface area contributed by atoms with Gasteiger partial charge in [0.1, 0.15) is 5.75 Å². The van der Waals surface area contributed by atoms with E-state index in [9.17, 15) is 0 Å². The maximum Gasteiger partial charge on any atom is 0.132 e. The number of rotatable bonds is 6. The fraction of sp³-hybridized carbons (Fsp3) is 0.250. The molecule has 0 aliphatic heterocycles. The third-order valence-electron chi connectivity index (χ3n) is 4.22. The molecule has 0 aliphatic carbocycles. The Bertz CT molecular complexity index is 829. The lowest BCUT2D eigenvalue weighted by atomic mass is 10.1. The predicted octanol–water partition coefficient (Wildman–Crippen LogP) is 4.82. The van der Waals surface area contributed by atoms with Gasteiger partial charge in [-0.2, -0.15) is 0 Å². The van der Waals surface area contributed by atoms with Crippen molar-refractivity contribution in [2.75, 3.05) is 13.4 Å². The van der Waals surface area contributed by atoms with Crippen LogP contribution >= 0.6 is 11.8 Å². The largest absolute Gasteiger partial charge is 0.496 e.